The van der Waals surface area contributed by atoms with Crippen LogP contribution in [0.1, 0.15) is 12.5 Å². The standard InChI is InChI=1S/C13H12F2N2O3/c1-13(14,15)9-5-11-10(18-2-3-19-11)4-7(9)8-6-17-20-12(8)16/h4-6H,2-3,16H2,1H3. The van der Waals surface area contributed by atoms with Gasteiger partial charge in [-0.1, -0.05) is 5.16 Å². The molecule has 0 spiro atoms. The first kappa shape index (κ1) is 12.7. The van der Waals surface area contributed by atoms with Crippen LogP contribution in [0.5, 0.6) is 11.5 Å². The topological polar surface area (TPSA) is 70.5 Å². The third-order valence-corrected chi connectivity index (χ3v) is 3.04. The summed E-state index contributed by atoms with van der Waals surface area (Å²) in [7, 11) is 0. The van der Waals surface area contributed by atoms with Gasteiger partial charge in [0.1, 0.15) is 13.2 Å². The van der Waals surface area contributed by atoms with Crippen LogP contribution in [-0.2, 0) is 5.92 Å². The van der Waals surface area contributed by atoms with Gasteiger partial charge >= 0.3 is 0 Å². The Bertz CT molecular complexity index is 650. The van der Waals surface area contributed by atoms with Crippen molar-refractivity contribution in [3.8, 4) is 22.6 Å². The quantitative estimate of drug-likeness (QED) is 0.917. The van der Waals surface area contributed by atoms with Crippen molar-refractivity contribution in [1.29, 1.82) is 0 Å². The molecule has 1 aromatic carbocycles. The van der Waals surface area contributed by atoms with E-state index < -0.39 is 5.92 Å². The lowest BCUT2D eigenvalue weighted by Crippen LogP contribution is -2.17. The number of halogens is 2. The Kier molecular flexibility index (Phi) is 2.77. The SMILES string of the molecule is CC(F)(F)c1cc2c(cc1-c1cnoc1N)OCCO2. The number of nitrogens with two attached hydrogens (primary N) is 1. The molecule has 3 rings (SSSR count). The molecule has 0 bridgehead atoms. The fraction of sp³-hybridized carbons (Fsp3) is 0.308. The molecule has 0 saturated carbocycles. The monoisotopic (exact) mass is 282 g/mol. The number of rotatable bonds is 2. The molecule has 0 saturated heterocycles. The summed E-state index contributed by atoms with van der Waals surface area (Å²) in [4.78, 5) is 0. The number of alkyl halides is 2. The molecule has 0 atom stereocenters. The largest absolute Gasteiger partial charge is 0.486 e. The van der Waals surface area contributed by atoms with Crippen molar-refractivity contribution in [2.24, 2.45) is 0 Å². The normalized spacial score (nSPS) is 14.3. The van der Waals surface area contributed by atoms with Crippen molar-refractivity contribution in [2.45, 2.75) is 12.8 Å². The van der Waals surface area contributed by atoms with Crippen LogP contribution in [0.15, 0.2) is 22.9 Å². The zero-order valence-electron chi connectivity index (χ0n) is 10.7. The highest BCUT2D eigenvalue weighted by Crippen LogP contribution is 2.44. The highest BCUT2D eigenvalue weighted by atomic mass is 19.3. The van der Waals surface area contributed by atoms with Gasteiger partial charge in [0.05, 0.1) is 11.8 Å². The molecule has 0 fully saturated rings. The van der Waals surface area contributed by atoms with Gasteiger partial charge in [-0.05, 0) is 12.1 Å². The summed E-state index contributed by atoms with van der Waals surface area (Å²) in [5, 5.41) is 3.52. The number of benzene rings is 1. The number of anilines is 1. The molecule has 1 aliphatic rings. The minimum Gasteiger partial charge on any atom is -0.486 e. The minimum atomic E-state index is -3.06. The molecule has 7 heteroatoms. The van der Waals surface area contributed by atoms with E-state index in [9.17, 15) is 8.78 Å². The summed E-state index contributed by atoms with van der Waals surface area (Å²) in [6.45, 7) is 1.51. The van der Waals surface area contributed by atoms with Crippen molar-refractivity contribution in [3.63, 3.8) is 0 Å². The van der Waals surface area contributed by atoms with E-state index in [-0.39, 0.29) is 17.0 Å². The van der Waals surface area contributed by atoms with E-state index in [2.05, 4.69) is 5.16 Å². The van der Waals surface area contributed by atoms with E-state index in [1.54, 1.807) is 0 Å². The molecule has 5 nitrogen and oxygen atoms in total. The maximum absolute atomic E-state index is 13.8. The van der Waals surface area contributed by atoms with Crippen LogP contribution < -0.4 is 15.2 Å². The maximum Gasteiger partial charge on any atom is 0.271 e. The minimum absolute atomic E-state index is 0.0211. The maximum atomic E-state index is 13.8. The number of hydrogen-bond donors (Lipinski definition) is 1. The smallest absolute Gasteiger partial charge is 0.271 e. The van der Waals surface area contributed by atoms with E-state index in [4.69, 9.17) is 19.7 Å². The Morgan fingerprint density at radius 2 is 1.80 bits per heavy atom. The zero-order chi connectivity index (χ0) is 14.3. The lowest BCUT2D eigenvalue weighted by Gasteiger charge is -2.23. The van der Waals surface area contributed by atoms with Gasteiger partial charge in [0, 0.05) is 18.1 Å². The molecule has 20 heavy (non-hydrogen) atoms. The number of nitrogens with zero attached hydrogens (tertiary/aromatic N) is 1. The van der Waals surface area contributed by atoms with Gasteiger partial charge in [-0.2, -0.15) is 0 Å². The molecule has 0 unspecified atom stereocenters. The second-order valence-corrected chi connectivity index (χ2v) is 4.53. The van der Waals surface area contributed by atoms with E-state index >= 15 is 0 Å². The van der Waals surface area contributed by atoms with Crippen LogP contribution >= 0.6 is 0 Å². The van der Waals surface area contributed by atoms with Crippen molar-refractivity contribution in [3.05, 3.63) is 23.9 Å². The first-order chi connectivity index (χ1) is 9.47. The molecule has 2 heterocycles. The van der Waals surface area contributed by atoms with Gasteiger partial charge in [-0.3, -0.25) is 0 Å². The molecular formula is C13H12F2N2O3. The lowest BCUT2D eigenvalue weighted by atomic mass is 9.96. The first-order valence-corrected chi connectivity index (χ1v) is 5.99. The molecule has 2 N–H and O–H groups in total. The predicted octanol–water partition coefficient (Wildman–Crippen LogP) is 2.81. The predicted molar refractivity (Wildman–Crippen MR) is 66.9 cm³/mol. The number of nitrogen functional groups attached to an aromatic ring is 1. The highest BCUT2D eigenvalue weighted by molar-refractivity contribution is 5.78. The Hall–Kier alpha value is -2.31. The van der Waals surface area contributed by atoms with Gasteiger partial charge < -0.3 is 19.7 Å². The Labute approximate surface area is 113 Å². The van der Waals surface area contributed by atoms with E-state index in [0.717, 1.165) is 6.92 Å². The van der Waals surface area contributed by atoms with Crippen molar-refractivity contribution < 1.29 is 22.8 Å². The van der Waals surface area contributed by atoms with E-state index in [1.165, 1.54) is 18.3 Å². The fourth-order valence-corrected chi connectivity index (χ4v) is 2.13. The van der Waals surface area contributed by atoms with Crippen molar-refractivity contribution in [1.82, 2.24) is 5.16 Å². The number of hydrogen-bond acceptors (Lipinski definition) is 5. The molecule has 0 amide bonds. The van der Waals surface area contributed by atoms with E-state index in [1.807, 2.05) is 0 Å². The third-order valence-electron chi connectivity index (χ3n) is 3.04. The molecule has 0 aliphatic carbocycles. The molecular weight excluding hydrogens is 270 g/mol. The summed E-state index contributed by atoms with van der Waals surface area (Å²) >= 11 is 0. The van der Waals surface area contributed by atoms with Crippen LogP contribution in [0.2, 0.25) is 0 Å². The van der Waals surface area contributed by atoms with Crippen molar-refractivity contribution in [2.75, 3.05) is 18.9 Å². The third kappa shape index (κ3) is 2.04. The second kappa shape index (κ2) is 4.36. The molecule has 2 aromatic rings. The summed E-state index contributed by atoms with van der Waals surface area (Å²) in [5.74, 6) is -2.38. The van der Waals surface area contributed by atoms with Crippen LogP contribution in [-0.4, -0.2) is 18.4 Å². The van der Waals surface area contributed by atoms with Crippen molar-refractivity contribution >= 4 is 5.88 Å². The van der Waals surface area contributed by atoms with Crippen LogP contribution in [0, 0.1) is 0 Å². The molecule has 106 valence electrons. The Balaban J connectivity index is 2.23. The van der Waals surface area contributed by atoms with Gasteiger partial charge in [-0.15, -0.1) is 0 Å². The molecule has 1 aromatic heterocycles. The number of aromatic nitrogens is 1. The van der Waals surface area contributed by atoms with Gasteiger partial charge in [-0.25, -0.2) is 8.78 Å². The van der Waals surface area contributed by atoms with Gasteiger partial charge in [0.25, 0.3) is 5.92 Å². The summed E-state index contributed by atoms with van der Waals surface area (Å²) in [5.41, 5.74) is 5.93. The van der Waals surface area contributed by atoms with E-state index in [0.29, 0.717) is 30.3 Å². The summed E-state index contributed by atoms with van der Waals surface area (Å²) in [6.07, 6.45) is 1.30. The average molecular weight is 282 g/mol. The number of ether oxygens (including phenoxy) is 2. The first-order valence-electron chi connectivity index (χ1n) is 5.99. The fourth-order valence-electron chi connectivity index (χ4n) is 2.13. The second-order valence-electron chi connectivity index (χ2n) is 4.53. The lowest BCUT2D eigenvalue weighted by molar-refractivity contribution is 0.0176. The summed E-state index contributed by atoms with van der Waals surface area (Å²) < 4.78 is 43.1. The molecule has 1 aliphatic heterocycles. The van der Waals surface area contributed by atoms with Gasteiger partial charge in [0.15, 0.2) is 11.5 Å². The zero-order valence-corrected chi connectivity index (χ0v) is 10.7. The average Bonchev–Trinajstić information content (AvgIpc) is 2.82. The Morgan fingerprint density at radius 3 is 2.35 bits per heavy atom. The molecule has 0 radical (unpaired) electrons. The van der Waals surface area contributed by atoms with Crippen LogP contribution in [0.25, 0.3) is 11.1 Å². The van der Waals surface area contributed by atoms with Crippen LogP contribution in [0.3, 0.4) is 0 Å². The number of fused-ring (bicyclic) bond motifs is 1. The Morgan fingerprint density at radius 1 is 1.15 bits per heavy atom. The highest BCUT2D eigenvalue weighted by Gasteiger charge is 2.32. The van der Waals surface area contributed by atoms with Crippen LogP contribution in [0.4, 0.5) is 14.7 Å². The van der Waals surface area contributed by atoms with Gasteiger partial charge in [0.2, 0.25) is 5.88 Å². The summed E-state index contributed by atoms with van der Waals surface area (Å²) in [6, 6.07) is 2.75.